The van der Waals surface area contributed by atoms with Crippen LogP contribution in [-0.4, -0.2) is 59.6 Å². The highest BCUT2D eigenvalue weighted by molar-refractivity contribution is 5.86. The van der Waals surface area contributed by atoms with Crippen molar-refractivity contribution >= 4 is 10.9 Å². The Morgan fingerprint density at radius 3 is 2.69 bits per heavy atom. The minimum atomic E-state index is -0.131. The number of methoxy groups -OCH3 is 1. The highest BCUT2D eigenvalue weighted by Crippen LogP contribution is 2.31. The first kappa shape index (κ1) is 17.8. The number of hydrogen-bond acceptors (Lipinski definition) is 4. The van der Waals surface area contributed by atoms with Gasteiger partial charge >= 0.3 is 0 Å². The zero-order valence-electron chi connectivity index (χ0n) is 15.6. The predicted octanol–water partition coefficient (Wildman–Crippen LogP) is 3.04. The second kappa shape index (κ2) is 7.99. The summed E-state index contributed by atoms with van der Waals surface area (Å²) in [7, 11) is 1.73. The van der Waals surface area contributed by atoms with E-state index in [1.165, 1.54) is 10.9 Å². The molecule has 4 rings (SSSR count). The minimum Gasteiger partial charge on any atom is -0.490 e. The van der Waals surface area contributed by atoms with Crippen molar-refractivity contribution in [2.24, 2.45) is 0 Å². The number of rotatable bonds is 6. The molecule has 1 aromatic heterocycles. The van der Waals surface area contributed by atoms with Gasteiger partial charge in [-0.25, -0.2) is 0 Å². The molecule has 2 aliphatic rings. The number of aromatic nitrogens is 1. The standard InChI is InChI=1S/C21H30N2O3/c1-25-15-14-23-13-10-17-18(23)4-3-7-21(17)26-16-8-11-22(12-9-16)19-5-2-6-20(19)24/h3-4,7,10,13,16,19-20,24H,2,5-6,8-9,11-12,14-15H2,1H3. The van der Waals surface area contributed by atoms with E-state index in [9.17, 15) is 5.11 Å². The van der Waals surface area contributed by atoms with Crippen molar-refractivity contribution in [1.29, 1.82) is 0 Å². The van der Waals surface area contributed by atoms with E-state index in [2.05, 4.69) is 39.9 Å². The summed E-state index contributed by atoms with van der Waals surface area (Å²) in [4.78, 5) is 2.47. The van der Waals surface area contributed by atoms with Crippen molar-refractivity contribution in [3.63, 3.8) is 0 Å². The summed E-state index contributed by atoms with van der Waals surface area (Å²) in [5.41, 5.74) is 1.20. The third-order valence-corrected chi connectivity index (χ3v) is 5.99. The highest BCUT2D eigenvalue weighted by Gasteiger charge is 2.33. The summed E-state index contributed by atoms with van der Waals surface area (Å²) in [5, 5.41) is 11.3. The average Bonchev–Trinajstić information content (AvgIpc) is 3.27. The molecule has 1 aliphatic carbocycles. The van der Waals surface area contributed by atoms with Crippen LogP contribution in [0.15, 0.2) is 30.5 Å². The van der Waals surface area contributed by atoms with Gasteiger partial charge < -0.3 is 19.1 Å². The second-order valence-corrected chi connectivity index (χ2v) is 7.61. The third kappa shape index (κ3) is 3.61. The van der Waals surface area contributed by atoms with Crippen molar-refractivity contribution in [2.75, 3.05) is 26.8 Å². The summed E-state index contributed by atoms with van der Waals surface area (Å²) in [6.45, 7) is 3.61. The monoisotopic (exact) mass is 358 g/mol. The van der Waals surface area contributed by atoms with E-state index in [1.807, 2.05) is 0 Å². The van der Waals surface area contributed by atoms with Crippen LogP contribution in [0, 0.1) is 0 Å². The molecule has 0 bridgehead atoms. The Balaban J connectivity index is 1.40. The highest BCUT2D eigenvalue weighted by atomic mass is 16.5. The van der Waals surface area contributed by atoms with Gasteiger partial charge in [0.25, 0.3) is 0 Å². The van der Waals surface area contributed by atoms with Gasteiger partial charge in [-0.05, 0) is 50.3 Å². The van der Waals surface area contributed by atoms with Crippen molar-refractivity contribution in [2.45, 2.75) is 56.9 Å². The Morgan fingerprint density at radius 2 is 1.96 bits per heavy atom. The van der Waals surface area contributed by atoms with Gasteiger partial charge in [0.1, 0.15) is 11.9 Å². The molecule has 142 valence electrons. The first-order valence-electron chi connectivity index (χ1n) is 9.92. The van der Waals surface area contributed by atoms with Gasteiger partial charge in [-0.2, -0.15) is 0 Å². The Hall–Kier alpha value is -1.56. The van der Waals surface area contributed by atoms with Gasteiger partial charge in [0.2, 0.25) is 0 Å². The van der Waals surface area contributed by atoms with Crippen LogP contribution in [0.5, 0.6) is 5.75 Å². The molecular weight excluding hydrogens is 328 g/mol. The van der Waals surface area contributed by atoms with Crippen molar-refractivity contribution in [3.8, 4) is 5.75 Å². The fourth-order valence-corrected chi connectivity index (χ4v) is 4.53. The van der Waals surface area contributed by atoms with Gasteiger partial charge in [-0.1, -0.05) is 6.07 Å². The smallest absolute Gasteiger partial charge is 0.129 e. The molecule has 1 saturated carbocycles. The number of ether oxygens (including phenoxy) is 2. The largest absolute Gasteiger partial charge is 0.490 e. The van der Waals surface area contributed by atoms with Gasteiger partial charge in [0, 0.05) is 44.4 Å². The van der Waals surface area contributed by atoms with Crippen molar-refractivity contribution in [3.05, 3.63) is 30.5 Å². The number of aliphatic hydroxyl groups excluding tert-OH is 1. The fraction of sp³-hybridized carbons (Fsp3) is 0.619. The summed E-state index contributed by atoms with van der Waals surface area (Å²) in [5.74, 6) is 0.984. The van der Waals surface area contributed by atoms with Gasteiger partial charge in [0.15, 0.2) is 0 Å². The molecule has 0 spiro atoms. The lowest BCUT2D eigenvalue weighted by Crippen LogP contribution is -2.47. The summed E-state index contributed by atoms with van der Waals surface area (Å²) >= 11 is 0. The number of aliphatic hydroxyl groups is 1. The molecule has 2 heterocycles. The molecule has 2 atom stereocenters. The first-order chi connectivity index (χ1) is 12.8. The van der Waals surface area contributed by atoms with E-state index in [-0.39, 0.29) is 12.2 Å². The van der Waals surface area contributed by atoms with E-state index in [4.69, 9.17) is 9.47 Å². The van der Waals surface area contributed by atoms with E-state index >= 15 is 0 Å². The van der Waals surface area contributed by atoms with E-state index in [0.29, 0.717) is 12.6 Å². The number of benzene rings is 1. The molecule has 1 aliphatic heterocycles. The maximum Gasteiger partial charge on any atom is 0.129 e. The number of hydrogen-bond donors (Lipinski definition) is 1. The topological polar surface area (TPSA) is 46.9 Å². The third-order valence-electron chi connectivity index (χ3n) is 5.99. The lowest BCUT2D eigenvalue weighted by atomic mass is 10.0. The zero-order valence-corrected chi connectivity index (χ0v) is 15.6. The first-order valence-corrected chi connectivity index (χ1v) is 9.92. The normalized spacial score (nSPS) is 25.2. The molecule has 1 saturated heterocycles. The number of likely N-dealkylation sites (tertiary alicyclic amines) is 1. The molecule has 2 aromatic rings. The van der Waals surface area contributed by atoms with E-state index in [1.54, 1.807) is 7.11 Å². The van der Waals surface area contributed by atoms with Gasteiger partial charge in [-0.3, -0.25) is 4.90 Å². The van der Waals surface area contributed by atoms with Crippen LogP contribution in [0.25, 0.3) is 10.9 Å². The zero-order chi connectivity index (χ0) is 17.9. The van der Waals surface area contributed by atoms with Crippen LogP contribution < -0.4 is 4.74 Å². The van der Waals surface area contributed by atoms with Gasteiger partial charge in [0.05, 0.1) is 18.2 Å². The molecule has 0 radical (unpaired) electrons. The van der Waals surface area contributed by atoms with E-state index < -0.39 is 0 Å². The SMILES string of the molecule is COCCn1ccc2c(OC3CCN(C4CCCC4O)CC3)cccc21. The summed E-state index contributed by atoms with van der Waals surface area (Å²) in [6, 6.07) is 8.81. The van der Waals surface area contributed by atoms with Crippen LogP contribution in [0.2, 0.25) is 0 Å². The second-order valence-electron chi connectivity index (χ2n) is 7.61. The van der Waals surface area contributed by atoms with Gasteiger partial charge in [-0.15, -0.1) is 0 Å². The summed E-state index contributed by atoms with van der Waals surface area (Å²) in [6.07, 6.45) is 7.56. The lowest BCUT2D eigenvalue weighted by molar-refractivity contribution is 0.0289. The Kier molecular flexibility index (Phi) is 5.48. The maximum absolute atomic E-state index is 10.1. The Morgan fingerprint density at radius 1 is 1.12 bits per heavy atom. The molecule has 0 amide bonds. The molecule has 1 aromatic carbocycles. The average molecular weight is 358 g/mol. The van der Waals surface area contributed by atoms with Crippen LogP contribution in [-0.2, 0) is 11.3 Å². The maximum atomic E-state index is 10.1. The quantitative estimate of drug-likeness (QED) is 0.862. The molecule has 1 N–H and O–H groups in total. The molecule has 26 heavy (non-hydrogen) atoms. The van der Waals surface area contributed by atoms with Crippen molar-refractivity contribution < 1.29 is 14.6 Å². The molecule has 2 unspecified atom stereocenters. The fourth-order valence-electron chi connectivity index (χ4n) is 4.53. The van der Waals surface area contributed by atoms with Crippen LogP contribution in [0.4, 0.5) is 0 Å². The van der Waals surface area contributed by atoms with Crippen molar-refractivity contribution in [1.82, 2.24) is 9.47 Å². The van der Waals surface area contributed by atoms with Crippen LogP contribution >= 0.6 is 0 Å². The minimum absolute atomic E-state index is 0.131. The molecular formula is C21H30N2O3. The van der Waals surface area contributed by atoms with Crippen LogP contribution in [0.1, 0.15) is 32.1 Å². The molecule has 5 heteroatoms. The molecule has 2 fully saturated rings. The number of piperidine rings is 1. The predicted molar refractivity (Wildman–Crippen MR) is 103 cm³/mol. The number of fused-ring (bicyclic) bond motifs is 1. The number of nitrogens with zero attached hydrogens (tertiary/aromatic N) is 2. The lowest BCUT2D eigenvalue weighted by Gasteiger charge is -2.37. The Labute approximate surface area is 155 Å². The summed E-state index contributed by atoms with van der Waals surface area (Å²) < 4.78 is 13.8. The Bertz CT molecular complexity index is 721. The molecule has 5 nitrogen and oxygen atoms in total. The van der Waals surface area contributed by atoms with E-state index in [0.717, 1.165) is 57.5 Å². The van der Waals surface area contributed by atoms with Crippen LogP contribution in [0.3, 0.4) is 0 Å².